The number of benzene rings is 2. The third-order valence-electron chi connectivity index (χ3n) is 6.55. The lowest BCUT2D eigenvalue weighted by Crippen LogP contribution is -2.34. The standard InChI is InChI=1S/C19H29N3O8.C11H21NO6.C8H10N2O3.CH4/c1-19(2,3)30-18(26)21-7-8-28-9-10-29-11-14(23)22-12-5-6-13(27-4)15(16(12)24)17(20)25;1-11(2,3)18-10(15)12-4-5-16-6-7-17-8-9(13)14;1-13-5-3-2-4(9)7(11)6(5)8(10)12;/h5-6,24H,7-11H2,1-4H3,(H2,20,25)(H,21,26)(H,22,23);4-8H2,1-3H3,(H,12,15)(H,13,14);2-3,11H,9H2,1H3,(H2,10,12);1H4. The first-order valence-electron chi connectivity index (χ1n) is 18.3. The third-order valence-corrected chi connectivity index (χ3v) is 6.55. The van der Waals surface area contributed by atoms with Crippen LogP contribution in [0.3, 0.4) is 0 Å². The molecule has 2 rings (SSSR count). The van der Waals surface area contributed by atoms with E-state index < -0.39 is 52.8 Å². The molecule has 5 amide bonds. The number of anilines is 2. The highest BCUT2D eigenvalue weighted by Crippen LogP contribution is 2.34. The zero-order valence-electron chi connectivity index (χ0n) is 35.7. The number of aliphatic carboxylic acids is 1. The van der Waals surface area contributed by atoms with E-state index in [9.17, 15) is 39.0 Å². The molecule has 23 nitrogen and oxygen atoms in total. The molecule has 0 aliphatic heterocycles. The van der Waals surface area contributed by atoms with Gasteiger partial charge in [0.05, 0.1) is 65.2 Å². The molecule has 0 aliphatic carbocycles. The second kappa shape index (κ2) is 29.8. The second-order valence-electron chi connectivity index (χ2n) is 14.0. The van der Waals surface area contributed by atoms with Gasteiger partial charge in [-0.1, -0.05) is 7.43 Å². The lowest BCUT2D eigenvalue weighted by atomic mass is 10.1. The number of aromatic hydroxyl groups is 2. The number of methoxy groups -OCH3 is 2. The molecule has 12 N–H and O–H groups in total. The molecule has 0 saturated heterocycles. The molecule has 62 heavy (non-hydrogen) atoms. The fraction of sp³-hybridized carbons (Fsp3) is 0.538. The number of carbonyl (C=O) groups is 6. The molecule has 23 heteroatoms. The molecule has 2 aromatic carbocycles. The van der Waals surface area contributed by atoms with Crippen molar-refractivity contribution in [2.45, 2.75) is 60.2 Å². The van der Waals surface area contributed by atoms with Crippen LogP contribution in [0.15, 0.2) is 24.3 Å². The van der Waals surface area contributed by atoms with E-state index in [4.69, 9.17) is 60.2 Å². The number of rotatable bonds is 21. The van der Waals surface area contributed by atoms with Crippen molar-refractivity contribution in [3.05, 3.63) is 35.4 Å². The van der Waals surface area contributed by atoms with Crippen LogP contribution >= 0.6 is 0 Å². The van der Waals surface area contributed by atoms with Crippen molar-refractivity contribution < 1.29 is 82.0 Å². The molecule has 0 saturated carbocycles. The van der Waals surface area contributed by atoms with Crippen LogP contribution in [0.2, 0.25) is 0 Å². The average Bonchev–Trinajstić information content (AvgIpc) is 3.14. The van der Waals surface area contributed by atoms with Crippen LogP contribution in [0.25, 0.3) is 0 Å². The minimum Gasteiger partial charge on any atom is -0.505 e. The average molecular weight is 889 g/mol. The Morgan fingerprint density at radius 3 is 1.42 bits per heavy atom. The smallest absolute Gasteiger partial charge is 0.407 e. The highest BCUT2D eigenvalue weighted by Gasteiger charge is 2.20. The quantitative estimate of drug-likeness (QED) is 0.0493. The molecule has 0 aliphatic rings. The summed E-state index contributed by atoms with van der Waals surface area (Å²) in [5.41, 5.74) is 14.3. The zero-order valence-corrected chi connectivity index (χ0v) is 35.7. The van der Waals surface area contributed by atoms with Gasteiger partial charge >= 0.3 is 18.2 Å². The first kappa shape index (κ1) is 57.8. The largest absolute Gasteiger partial charge is 0.505 e. The molecule has 352 valence electrons. The van der Waals surface area contributed by atoms with Crippen molar-refractivity contribution in [1.29, 1.82) is 0 Å². The summed E-state index contributed by atoms with van der Waals surface area (Å²) >= 11 is 0. The van der Waals surface area contributed by atoms with E-state index >= 15 is 0 Å². The van der Waals surface area contributed by atoms with Crippen LogP contribution < -0.4 is 42.6 Å². The van der Waals surface area contributed by atoms with Crippen molar-refractivity contribution >= 4 is 47.3 Å². The van der Waals surface area contributed by atoms with Gasteiger partial charge in [-0.2, -0.15) is 0 Å². The molecule has 0 bridgehead atoms. The van der Waals surface area contributed by atoms with Crippen LogP contribution in [-0.4, -0.2) is 143 Å². The molecule has 0 radical (unpaired) electrons. The predicted molar refractivity (Wildman–Crippen MR) is 226 cm³/mol. The molecule has 0 unspecified atom stereocenters. The Morgan fingerprint density at radius 1 is 0.613 bits per heavy atom. The molecule has 0 spiro atoms. The summed E-state index contributed by atoms with van der Waals surface area (Å²) in [5, 5.41) is 35.3. The topological polar surface area (TPSA) is 351 Å². The maximum atomic E-state index is 11.9. The summed E-state index contributed by atoms with van der Waals surface area (Å²) in [5.74, 6) is -3.76. The summed E-state index contributed by atoms with van der Waals surface area (Å²) in [6.07, 6.45) is -1.02. The third kappa shape index (κ3) is 26.0. The number of carbonyl (C=O) groups excluding carboxylic acids is 5. The van der Waals surface area contributed by atoms with Crippen LogP contribution in [-0.2, 0) is 38.0 Å². The Bertz CT molecular complexity index is 1730. The maximum Gasteiger partial charge on any atom is 0.407 e. The van der Waals surface area contributed by atoms with E-state index in [1.165, 1.54) is 38.5 Å². The maximum absolute atomic E-state index is 11.9. The number of carboxylic acid groups (broad SMARTS) is 1. The number of nitrogen functional groups attached to an aromatic ring is 1. The highest BCUT2D eigenvalue weighted by atomic mass is 16.6. The first-order valence-corrected chi connectivity index (χ1v) is 18.3. The van der Waals surface area contributed by atoms with E-state index in [1.807, 2.05) is 0 Å². The highest BCUT2D eigenvalue weighted by molar-refractivity contribution is 6.03. The fourth-order valence-electron chi connectivity index (χ4n) is 4.11. The van der Waals surface area contributed by atoms with Gasteiger partial charge in [-0.15, -0.1) is 0 Å². The molecule has 0 atom stereocenters. The van der Waals surface area contributed by atoms with Crippen molar-refractivity contribution in [1.82, 2.24) is 10.6 Å². The number of nitrogens with one attached hydrogen (secondary N) is 3. The SMILES string of the molecule is C.CC(C)(C)OC(=O)NCCOCCOCC(=O)O.COc1ccc(N)c(O)c1C(N)=O.COc1ccc(NC(=O)COCCOCCNC(=O)OC(C)(C)C)c(O)c1C(N)=O. The zero-order chi connectivity index (χ0) is 46.8. The molecule has 0 fully saturated rings. The van der Waals surface area contributed by atoms with Crippen molar-refractivity contribution in [3.63, 3.8) is 0 Å². The van der Waals surface area contributed by atoms with E-state index in [2.05, 4.69) is 16.0 Å². The number of phenols is 2. The van der Waals surface area contributed by atoms with Crippen LogP contribution in [0.4, 0.5) is 21.0 Å². The van der Waals surface area contributed by atoms with Gasteiger partial charge in [0.25, 0.3) is 11.8 Å². The minimum absolute atomic E-state index is 0. The van der Waals surface area contributed by atoms with E-state index in [-0.39, 0.29) is 100.0 Å². The Hall–Kier alpha value is -6.30. The normalized spacial score (nSPS) is 10.5. The Morgan fingerprint density at radius 2 is 1.02 bits per heavy atom. The van der Waals surface area contributed by atoms with Gasteiger partial charge < -0.3 is 86.4 Å². The Balaban J connectivity index is 0. The Labute approximate surface area is 360 Å². The van der Waals surface area contributed by atoms with Crippen molar-refractivity contribution in [2.24, 2.45) is 11.5 Å². The molecule has 0 heterocycles. The van der Waals surface area contributed by atoms with E-state index in [1.54, 1.807) is 41.5 Å². The summed E-state index contributed by atoms with van der Waals surface area (Å²) in [6, 6.07) is 5.67. The summed E-state index contributed by atoms with van der Waals surface area (Å²) in [6.45, 7) is 12.0. The number of primary amides is 2. The van der Waals surface area contributed by atoms with Gasteiger partial charge in [-0.25, -0.2) is 14.4 Å². The van der Waals surface area contributed by atoms with Crippen molar-refractivity contribution in [2.75, 3.05) is 91.2 Å². The van der Waals surface area contributed by atoms with E-state index in [0.717, 1.165) is 0 Å². The minimum atomic E-state index is -1.01. The van der Waals surface area contributed by atoms with Gasteiger partial charge in [0.1, 0.15) is 47.0 Å². The number of ether oxygens (including phenoxy) is 8. The van der Waals surface area contributed by atoms with Gasteiger partial charge in [0.2, 0.25) is 5.91 Å². The van der Waals surface area contributed by atoms with Crippen LogP contribution in [0, 0.1) is 0 Å². The lowest BCUT2D eigenvalue weighted by molar-refractivity contribution is -0.142. The van der Waals surface area contributed by atoms with Gasteiger partial charge in [0.15, 0.2) is 11.5 Å². The number of alkyl carbamates (subject to hydrolysis) is 2. The molecule has 2 aromatic rings. The van der Waals surface area contributed by atoms with Crippen molar-refractivity contribution in [3.8, 4) is 23.0 Å². The molecular formula is C39H64N6O17. The number of hydrogen-bond donors (Lipinski definition) is 9. The second-order valence-corrected chi connectivity index (χ2v) is 14.0. The number of hydrogen-bond acceptors (Lipinski definition) is 17. The summed E-state index contributed by atoms with van der Waals surface area (Å²) in [7, 11) is 2.69. The number of amides is 5. The molecule has 0 aromatic heterocycles. The van der Waals surface area contributed by atoms with Gasteiger partial charge in [-0.05, 0) is 65.8 Å². The lowest BCUT2D eigenvalue weighted by Gasteiger charge is -2.19. The van der Waals surface area contributed by atoms with E-state index in [0.29, 0.717) is 13.2 Å². The number of carboxylic acids is 1. The summed E-state index contributed by atoms with van der Waals surface area (Å²) in [4.78, 5) is 67.0. The fourth-order valence-corrected chi connectivity index (χ4v) is 4.11. The van der Waals surface area contributed by atoms with Crippen LogP contribution in [0.5, 0.6) is 23.0 Å². The summed E-state index contributed by atoms with van der Waals surface area (Å²) < 4.78 is 40.2. The predicted octanol–water partition coefficient (Wildman–Crippen LogP) is 2.34. The van der Waals surface area contributed by atoms with Gasteiger partial charge in [0, 0.05) is 13.1 Å². The molecular weight excluding hydrogens is 824 g/mol. The first-order chi connectivity index (χ1) is 28.4. The monoisotopic (exact) mass is 888 g/mol. The van der Waals surface area contributed by atoms with Gasteiger partial charge in [-0.3, -0.25) is 14.4 Å². The number of nitrogens with two attached hydrogens (primary N) is 3. The Kier molecular flexibility index (Phi) is 27.8. The van der Waals surface area contributed by atoms with Crippen LogP contribution in [0.1, 0.15) is 69.7 Å².